The van der Waals surface area contributed by atoms with Gasteiger partial charge >= 0.3 is 0 Å². The minimum absolute atomic E-state index is 0.115. The van der Waals surface area contributed by atoms with Gasteiger partial charge in [-0.25, -0.2) is 9.20 Å². The Morgan fingerprint density at radius 2 is 2.03 bits per heavy atom. The smallest absolute Gasteiger partial charge is 0.248 e. The number of aromatic nitrogens is 6. The molecule has 2 amide bonds. The van der Waals surface area contributed by atoms with E-state index in [9.17, 15) is 14.7 Å². The van der Waals surface area contributed by atoms with Crippen LogP contribution in [0.4, 0.5) is 0 Å². The number of likely N-dealkylation sites (tertiary alicyclic amines) is 1. The molecule has 3 aromatic rings. The van der Waals surface area contributed by atoms with Crippen molar-refractivity contribution in [1.29, 1.82) is 0 Å². The first-order valence-electron chi connectivity index (χ1n) is 11.8. The largest absolute Gasteiger partial charge is 0.391 e. The quantitative estimate of drug-likeness (QED) is 0.557. The molecule has 182 valence electrons. The number of nitrogens with zero attached hydrogens (tertiary/aromatic N) is 7. The zero-order valence-electron chi connectivity index (χ0n) is 20.0. The first-order valence-corrected chi connectivity index (χ1v) is 11.8. The summed E-state index contributed by atoms with van der Waals surface area (Å²) in [5.74, 6) is -0.0914. The van der Waals surface area contributed by atoms with Crippen LogP contribution >= 0.6 is 0 Å². The Labute approximate surface area is 197 Å². The van der Waals surface area contributed by atoms with Gasteiger partial charge in [0.1, 0.15) is 17.7 Å². The maximum atomic E-state index is 13.8. The third-order valence-corrected chi connectivity index (χ3v) is 6.77. The standard InChI is InChI=1S/C23H32N8O3/c1-23(2,3)19(31-13-17(26-27-31)14-5-6-14)22(34)29-12-16(32)9-18(29)20(33)24-10-15-11-25-30-8-7-28(4)21(15)30/h7-8,11,13-14,16,18-19,32H,5-6,9-10,12H2,1-4H3,(H,24,33)/t16-,18+,19-/m1/s1. The van der Waals surface area contributed by atoms with Crippen LogP contribution in [0.5, 0.6) is 0 Å². The second kappa shape index (κ2) is 8.23. The topological polar surface area (TPSA) is 123 Å². The number of amides is 2. The number of β-amino-alcohol motifs (C(OH)–C–C–N with tert-alkyl or cyclic N) is 1. The molecule has 3 aromatic heterocycles. The number of imidazole rings is 1. The molecule has 1 saturated carbocycles. The summed E-state index contributed by atoms with van der Waals surface area (Å²) in [6, 6.07) is -1.38. The molecule has 0 unspecified atom stereocenters. The zero-order valence-corrected chi connectivity index (χ0v) is 20.0. The van der Waals surface area contributed by atoms with Crippen molar-refractivity contribution in [1.82, 2.24) is 39.4 Å². The summed E-state index contributed by atoms with van der Waals surface area (Å²) in [5.41, 5.74) is 2.22. The molecule has 0 bridgehead atoms. The van der Waals surface area contributed by atoms with Gasteiger partial charge in [0.15, 0.2) is 0 Å². The monoisotopic (exact) mass is 468 g/mol. The molecule has 2 fully saturated rings. The number of hydrogen-bond acceptors (Lipinski definition) is 6. The Morgan fingerprint density at radius 1 is 1.26 bits per heavy atom. The van der Waals surface area contributed by atoms with Gasteiger partial charge in [-0.2, -0.15) is 5.10 Å². The van der Waals surface area contributed by atoms with Crippen LogP contribution in [0.3, 0.4) is 0 Å². The van der Waals surface area contributed by atoms with Gasteiger partial charge in [-0.1, -0.05) is 26.0 Å². The summed E-state index contributed by atoms with van der Waals surface area (Å²) in [6.45, 7) is 6.32. The number of rotatable bonds is 6. The van der Waals surface area contributed by atoms with E-state index in [1.165, 1.54) is 4.90 Å². The molecule has 0 radical (unpaired) electrons. The molecular formula is C23H32N8O3. The molecule has 11 heteroatoms. The Kier molecular flexibility index (Phi) is 5.46. The van der Waals surface area contributed by atoms with Crippen LogP contribution in [-0.2, 0) is 23.2 Å². The molecular weight excluding hydrogens is 436 g/mol. The highest BCUT2D eigenvalue weighted by molar-refractivity contribution is 5.90. The van der Waals surface area contributed by atoms with E-state index in [1.807, 2.05) is 51.0 Å². The van der Waals surface area contributed by atoms with Gasteiger partial charge in [0, 0.05) is 56.6 Å². The fourth-order valence-corrected chi connectivity index (χ4v) is 4.87. The van der Waals surface area contributed by atoms with Crippen LogP contribution in [-0.4, -0.2) is 69.7 Å². The van der Waals surface area contributed by atoms with Crippen LogP contribution in [0.15, 0.2) is 24.8 Å². The van der Waals surface area contributed by atoms with Gasteiger partial charge in [0.05, 0.1) is 18.0 Å². The molecule has 34 heavy (non-hydrogen) atoms. The molecule has 11 nitrogen and oxygen atoms in total. The second-order valence-electron chi connectivity index (χ2n) is 10.6. The van der Waals surface area contributed by atoms with Crippen molar-refractivity contribution in [3.05, 3.63) is 36.0 Å². The van der Waals surface area contributed by atoms with Crippen molar-refractivity contribution in [3.8, 4) is 0 Å². The van der Waals surface area contributed by atoms with E-state index in [2.05, 4.69) is 20.7 Å². The fourth-order valence-electron chi connectivity index (χ4n) is 4.87. The molecule has 1 aliphatic carbocycles. The van der Waals surface area contributed by atoms with Crippen molar-refractivity contribution >= 4 is 17.5 Å². The Morgan fingerprint density at radius 3 is 2.74 bits per heavy atom. The van der Waals surface area contributed by atoms with E-state index in [4.69, 9.17) is 0 Å². The third-order valence-electron chi connectivity index (χ3n) is 6.77. The van der Waals surface area contributed by atoms with Crippen LogP contribution in [0, 0.1) is 5.41 Å². The molecule has 2 N–H and O–H groups in total. The summed E-state index contributed by atoms with van der Waals surface area (Å²) in [6.07, 6.45) is 8.96. The lowest BCUT2D eigenvalue weighted by atomic mass is 9.85. The molecule has 4 heterocycles. The van der Waals surface area contributed by atoms with Crippen LogP contribution in [0.25, 0.3) is 5.65 Å². The summed E-state index contributed by atoms with van der Waals surface area (Å²) in [5, 5.41) is 26.2. The van der Waals surface area contributed by atoms with E-state index in [0.29, 0.717) is 5.92 Å². The number of aliphatic hydroxyl groups excluding tert-OH is 1. The number of aliphatic hydroxyl groups is 1. The second-order valence-corrected chi connectivity index (χ2v) is 10.6. The van der Waals surface area contributed by atoms with Gasteiger partial charge in [0.2, 0.25) is 11.8 Å². The molecule has 2 aliphatic rings. The van der Waals surface area contributed by atoms with E-state index in [-0.39, 0.29) is 31.3 Å². The van der Waals surface area contributed by atoms with E-state index < -0.39 is 23.6 Å². The average Bonchev–Trinajstić information content (AvgIpc) is 3.10. The molecule has 1 aliphatic heterocycles. The zero-order chi connectivity index (χ0) is 24.2. The van der Waals surface area contributed by atoms with Crippen molar-refractivity contribution in [3.63, 3.8) is 0 Å². The molecule has 5 rings (SSSR count). The Balaban J connectivity index is 1.34. The van der Waals surface area contributed by atoms with Gasteiger partial charge in [-0.05, 0) is 18.3 Å². The minimum Gasteiger partial charge on any atom is -0.391 e. The third kappa shape index (κ3) is 4.08. The highest BCUT2D eigenvalue weighted by atomic mass is 16.3. The summed E-state index contributed by atoms with van der Waals surface area (Å²) < 4.78 is 5.32. The van der Waals surface area contributed by atoms with Crippen LogP contribution in [0.2, 0.25) is 0 Å². The predicted molar refractivity (Wildman–Crippen MR) is 123 cm³/mol. The maximum Gasteiger partial charge on any atom is 0.248 e. The van der Waals surface area contributed by atoms with Crippen molar-refractivity contribution in [2.45, 2.75) is 70.7 Å². The van der Waals surface area contributed by atoms with Gasteiger partial charge in [0.25, 0.3) is 0 Å². The average molecular weight is 469 g/mol. The lowest BCUT2D eigenvalue weighted by Crippen LogP contribution is -2.50. The van der Waals surface area contributed by atoms with Crippen molar-refractivity contribution in [2.24, 2.45) is 12.5 Å². The lowest BCUT2D eigenvalue weighted by molar-refractivity contribution is -0.144. The summed E-state index contributed by atoms with van der Waals surface area (Å²) in [4.78, 5) is 28.5. The number of nitrogens with one attached hydrogen (secondary N) is 1. The number of carbonyl (C=O) groups is 2. The highest BCUT2D eigenvalue weighted by Gasteiger charge is 2.45. The first kappa shape index (κ1) is 22.6. The van der Waals surface area contributed by atoms with Crippen molar-refractivity contribution in [2.75, 3.05) is 6.54 Å². The molecule has 0 aromatic carbocycles. The minimum atomic E-state index is -0.756. The van der Waals surface area contributed by atoms with Crippen molar-refractivity contribution < 1.29 is 14.7 Å². The molecule has 0 spiro atoms. The molecule has 3 atom stereocenters. The van der Waals surface area contributed by atoms with Gasteiger partial charge in [-0.15, -0.1) is 5.10 Å². The predicted octanol–water partition coefficient (Wildman–Crippen LogP) is 1.01. The number of aryl methyl sites for hydroxylation is 1. The first-order chi connectivity index (χ1) is 16.1. The van der Waals surface area contributed by atoms with Crippen LogP contribution in [0.1, 0.15) is 63.3 Å². The highest BCUT2D eigenvalue weighted by Crippen LogP contribution is 2.40. The SMILES string of the molecule is Cn1ccn2ncc(CNC(=O)[C@@H]3C[C@@H](O)CN3C(=O)[C@@H](n3cc(C4CC4)nn3)C(C)(C)C)c12. The normalized spacial score (nSPS) is 21.9. The summed E-state index contributed by atoms with van der Waals surface area (Å²) in [7, 11) is 1.92. The number of carbonyl (C=O) groups excluding carboxylic acids is 2. The Hall–Kier alpha value is -3.21. The molecule has 1 saturated heterocycles. The van der Waals surface area contributed by atoms with Gasteiger partial charge < -0.3 is 19.9 Å². The number of hydrogen-bond donors (Lipinski definition) is 2. The van der Waals surface area contributed by atoms with Crippen LogP contribution < -0.4 is 5.32 Å². The van der Waals surface area contributed by atoms with E-state index in [1.54, 1.807) is 15.4 Å². The fraction of sp³-hybridized carbons (Fsp3) is 0.609. The van der Waals surface area contributed by atoms with E-state index >= 15 is 0 Å². The Bertz CT molecular complexity index is 1210. The van der Waals surface area contributed by atoms with E-state index in [0.717, 1.165) is 29.7 Å². The maximum absolute atomic E-state index is 13.8. The number of fused-ring (bicyclic) bond motifs is 1. The lowest BCUT2D eigenvalue weighted by Gasteiger charge is -2.34. The summed E-state index contributed by atoms with van der Waals surface area (Å²) >= 11 is 0. The van der Waals surface area contributed by atoms with Gasteiger partial charge in [-0.3, -0.25) is 9.59 Å².